The fourth-order valence-electron chi connectivity index (χ4n) is 2.50. The molecule has 3 nitrogen and oxygen atoms in total. The molecule has 1 N–H and O–H groups in total. The minimum absolute atomic E-state index is 0. The summed E-state index contributed by atoms with van der Waals surface area (Å²) in [4.78, 5) is 2.48. The van der Waals surface area contributed by atoms with Crippen LogP contribution < -0.4 is 5.32 Å². The first-order valence-electron chi connectivity index (χ1n) is 5.83. The Hall–Kier alpha value is 0.170. The second-order valence-corrected chi connectivity index (χ2v) is 4.76. The van der Waals surface area contributed by atoms with Gasteiger partial charge in [-0.3, -0.25) is 5.32 Å². The number of halogens is 1. The van der Waals surface area contributed by atoms with Crippen LogP contribution in [0.5, 0.6) is 0 Å². The van der Waals surface area contributed by atoms with Crippen molar-refractivity contribution >= 4 is 12.4 Å². The van der Waals surface area contributed by atoms with Crippen LogP contribution in [0.15, 0.2) is 0 Å². The molecule has 2 heterocycles. The SMILES string of the molecule is CC1COC(CC2CCCCN2C)N1.Cl. The lowest BCUT2D eigenvalue weighted by Gasteiger charge is -2.33. The van der Waals surface area contributed by atoms with Crippen molar-refractivity contribution < 1.29 is 4.74 Å². The maximum absolute atomic E-state index is 5.68. The Labute approximate surface area is 99.0 Å². The van der Waals surface area contributed by atoms with Gasteiger partial charge in [0.1, 0.15) is 6.23 Å². The van der Waals surface area contributed by atoms with Gasteiger partial charge in [0, 0.05) is 18.5 Å². The summed E-state index contributed by atoms with van der Waals surface area (Å²) in [5, 5.41) is 3.47. The van der Waals surface area contributed by atoms with E-state index >= 15 is 0 Å². The Bertz CT molecular complexity index is 191. The van der Waals surface area contributed by atoms with Crippen molar-refractivity contribution in [3.8, 4) is 0 Å². The van der Waals surface area contributed by atoms with Gasteiger partial charge in [-0.25, -0.2) is 0 Å². The first-order chi connectivity index (χ1) is 6.75. The fourth-order valence-corrected chi connectivity index (χ4v) is 2.50. The largest absolute Gasteiger partial charge is 0.362 e. The van der Waals surface area contributed by atoms with Gasteiger partial charge < -0.3 is 9.64 Å². The number of ether oxygens (including phenoxy) is 1. The van der Waals surface area contributed by atoms with Crippen LogP contribution in [0, 0.1) is 0 Å². The molecule has 0 radical (unpaired) electrons. The Balaban J connectivity index is 0.00000112. The average molecular weight is 235 g/mol. The molecule has 2 aliphatic rings. The van der Waals surface area contributed by atoms with Crippen molar-refractivity contribution in [2.45, 2.75) is 50.9 Å². The van der Waals surface area contributed by atoms with Gasteiger partial charge in [0.2, 0.25) is 0 Å². The van der Waals surface area contributed by atoms with E-state index in [9.17, 15) is 0 Å². The third kappa shape index (κ3) is 3.59. The maximum Gasteiger partial charge on any atom is 0.109 e. The number of likely N-dealkylation sites (tertiary alicyclic amines) is 1. The van der Waals surface area contributed by atoms with Gasteiger partial charge in [0.05, 0.1) is 6.61 Å². The highest BCUT2D eigenvalue weighted by Gasteiger charge is 2.27. The lowest BCUT2D eigenvalue weighted by molar-refractivity contribution is 0.0555. The maximum atomic E-state index is 5.68. The van der Waals surface area contributed by atoms with Crippen molar-refractivity contribution in [1.29, 1.82) is 0 Å². The van der Waals surface area contributed by atoms with Crippen molar-refractivity contribution in [2.24, 2.45) is 0 Å². The van der Waals surface area contributed by atoms with Gasteiger partial charge in [0.15, 0.2) is 0 Å². The zero-order valence-electron chi connectivity index (χ0n) is 9.74. The van der Waals surface area contributed by atoms with Crippen LogP contribution in [0.1, 0.15) is 32.6 Å². The van der Waals surface area contributed by atoms with Gasteiger partial charge >= 0.3 is 0 Å². The summed E-state index contributed by atoms with van der Waals surface area (Å²) in [6, 6.07) is 1.26. The molecule has 3 unspecified atom stereocenters. The van der Waals surface area contributed by atoms with E-state index in [-0.39, 0.29) is 12.4 Å². The molecule has 0 aliphatic carbocycles. The van der Waals surface area contributed by atoms with Crippen LogP contribution >= 0.6 is 12.4 Å². The highest BCUT2D eigenvalue weighted by molar-refractivity contribution is 5.85. The molecule has 15 heavy (non-hydrogen) atoms. The van der Waals surface area contributed by atoms with Gasteiger partial charge in [-0.1, -0.05) is 6.42 Å². The van der Waals surface area contributed by atoms with E-state index in [1.165, 1.54) is 25.8 Å². The molecule has 0 aromatic rings. The highest BCUT2D eigenvalue weighted by Crippen LogP contribution is 2.20. The Morgan fingerprint density at radius 1 is 1.40 bits per heavy atom. The fraction of sp³-hybridized carbons (Fsp3) is 1.00. The molecule has 4 heteroatoms. The predicted octanol–water partition coefficient (Wildman–Crippen LogP) is 1.62. The third-order valence-electron chi connectivity index (χ3n) is 3.43. The summed E-state index contributed by atoms with van der Waals surface area (Å²) in [6.07, 6.45) is 5.54. The standard InChI is InChI=1S/C11H22N2O.ClH/c1-9-8-14-11(12-9)7-10-5-3-4-6-13(10)2;/h9-12H,3-8H2,1-2H3;1H. The van der Waals surface area contributed by atoms with E-state index in [1.807, 2.05) is 0 Å². The molecule has 2 aliphatic heterocycles. The number of hydrogen-bond acceptors (Lipinski definition) is 3. The number of nitrogens with zero attached hydrogens (tertiary/aromatic N) is 1. The number of rotatable bonds is 2. The lowest BCUT2D eigenvalue weighted by atomic mass is 9.99. The molecule has 0 aromatic heterocycles. The van der Waals surface area contributed by atoms with Crippen molar-refractivity contribution in [3.05, 3.63) is 0 Å². The second-order valence-electron chi connectivity index (χ2n) is 4.76. The van der Waals surface area contributed by atoms with Gasteiger partial charge in [-0.2, -0.15) is 0 Å². The molecule has 2 fully saturated rings. The molecule has 2 saturated heterocycles. The molecule has 2 rings (SSSR count). The van der Waals surface area contributed by atoms with E-state index in [0.717, 1.165) is 19.1 Å². The Morgan fingerprint density at radius 3 is 2.80 bits per heavy atom. The molecule has 0 aromatic carbocycles. The molecular weight excluding hydrogens is 212 g/mol. The van der Waals surface area contributed by atoms with Crippen LogP contribution in [0.4, 0.5) is 0 Å². The van der Waals surface area contributed by atoms with E-state index < -0.39 is 0 Å². The normalized spacial score (nSPS) is 37.6. The van der Waals surface area contributed by atoms with Crippen molar-refractivity contribution in [2.75, 3.05) is 20.2 Å². The predicted molar refractivity (Wildman–Crippen MR) is 64.5 cm³/mol. The quantitative estimate of drug-likeness (QED) is 0.786. The molecule has 0 bridgehead atoms. The molecule has 3 atom stereocenters. The lowest BCUT2D eigenvalue weighted by Crippen LogP contribution is -2.41. The average Bonchev–Trinajstić information content (AvgIpc) is 2.56. The summed E-state index contributed by atoms with van der Waals surface area (Å²) in [7, 11) is 2.24. The zero-order chi connectivity index (χ0) is 9.97. The molecular formula is C11H23ClN2O. The first-order valence-corrected chi connectivity index (χ1v) is 5.83. The zero-order valence-corrected chi connectivity index (χ0v) is 10.6. The summed E-state index contributed by atoms with van der Waals surface area (Å²) in [6.45, 7) is 4.32. The van der Waals surface area contributed by atoms with E-state index in [4.69, 9.17) is 4.74 Å². The second kappa shape index (κ2) is 6.04. The van der Waals surface area contributed by atoms with Crippen LogP contribution in [0.3, 0.4) is 0 Å². The minimum atomic E-state index is 0. The first kappa shape index (κ1) is 13.2. The van der Waals surface area contributed by atoms with E-state index in [2.05, 4.69) is 24.2 Å². The topological polar surface area (TPSA) is 24.5 Å². The summed E-state index contributed by atoms with van der Waals surface area (Å²) < 4.78 is 5.68. The highest BCUT2D eigenvalue weighted by atomic mass is 35.5. The van der Waals surface area contributed by atoms with Gasteiger partial charge in [-0.15, -0.1) is 12.4 Å². The Morgan fingerprint density at radius 2 is 2.20 bits per heavy atom. The van der Waals surface area contributed by atoms with Crippen LogP contribution in [0.25, 0.3) is 0 Å². The van der Waals surface area contributed by atoms with Gasteiger partial charge in [0.25, 0.3) is 0 Å². The summed E-state index contributed by atoms with van der Waals surface area (Å²) in [5.74, 6) is 0. The molecule has 0 amide bonds. The smallest absolute Gasteiger partial charge is 0.109 e. The number of nitrogens with one attached hydrogen (secondary N) is 1. The minimum Gasteiger partial charge on any atom is -0.362 e. The van der Waals surface area contributed by atoms with E-state index in [0.29, 0.717) is 12.3 Å². The number of hydrogen-bond donors (Lipinski definition) is 1. The van der Waals surface area contributed by atoms with Crippen molar-refractivity contribution in [3.63, 3.8) is 0 Å². The van der Waals surface area contributed by atoms with Gasteiger partial charge in [-0.05, 0) is 33.4 Å². The van der Waals surface area contributed by atoms with Crippen LogP contribution in [-0.4, -0.2) is 43.4 Å². The van der Waals surface area contributed by atoms with E-state index in [1.54, 1.807) is 0 Å². The monoisotopic (exact) mass is 234 g/mol. The molecule has 0 saturated carbocycles. The summed E-state index contributed by atoms with van der Waals surface area (Å²) in [5.41, 5.74) is 0. The third-order valence-corrected chi connectivity index (χ3v) is 3.43. The number of piperidine rings is 1. The van der Waals surface area contributed by atoms with Crippen LogP contribution in [-0.2, 0) is 4.74 Å². The molecule has 0 spiro atoms. The molecule has 90 valence electrons. The Kier molecular flexibility index (Phi) is 5.33. The van der Waals surface area contributed by atoms with Crippen molar-refractivity contribution in [1.82, 2.24) is 10.2 Å². The summed E-state index contributed by atoms with van der Waals surface area (Å²) >= 11 is 0. The van der Waals surface area contributed by atoms with Crippen LogP contribution in [0.2, 0.25) is 0 Å².